The Morgan fingerprint density at radius 3 is 2.59 bits per heavy atom. The van der Waals surface area contributed by atoms with Gasteiger partial charge < -0.3 is 15.0 Å². The number of carbonyl (C=O) groups is 1. The van der Waals surface area contributed by atoms with Gasteiger partial charge in [-0.05, 0) is 24.8 Å². The Balaban J connectivity index is 1.38. The topological polar surface area (TPSA) is 87.9 Å². The maximum atomic E-state index is 12.4. The molecule has 0 saturated carbocycles. The van der Waals surface area contributed by atoms with E-state index in [1.165, 1.54) is 6.07 Å². The molecule has 2 fully saturated rings. The first-order chi connectivity index (χ1) is 13.1. The van der Waals surface area contributed by atoms with Crippen molar-refractivity contribution in [1.29, 1.82) is 0 Å². The zero-order valence-corrected chi connectivity index (χ0v) is 15.6. The number of nitro benzene ring substituents is 1. The van der Waals surface area contributed by atoms with Gasteiger partial charge in [-0.2, -0.15) is 0 Å². The number of nitro groups is 1. The molecule has 2 aliphatic rings. The average molecular weight is 376 g/mol. The zero-order chi connectivity index (χ0) is 19.1. The van der Waals surface area contributed by atoms with Crippen LogP contribution >= 0.6 is 0 Å². The highest BCUT2D eigenvalue weighted by Gasteiger charge is 2.24. The normalized spacial score (nSPS) is 19.0. The van der Waals surface area contributed by atoms with Crippen molar-refractivity contribution in [2.75, 3.05) is 57.8 Å². The molecule has 0 aromatic heterocycles. The summed E-state index contributed by atoms with van der Waals surface area (Å²) in [5.74, 6) is 0.767. The van der Waals surface area contributed by atoms with Gasteiger partial charge in [0.1, 0.15) is 5.69 Å². The predicted octanol–water partition coefficient (Wildman–Crippen LogP) is 1.97. The number of piperidine rings is 1. The number of nitrogens with one attached hydrogen (secondary N) is 1. The molecule has 1 amide bonds. The summed E-state index contributed by atoms with van der Waals surface area (Å²) >= 11 is 0. The monoisotopic (exact) mass is 376 g/mol. The van der Waals surface area contributed by atoms with Crippen LogP contribution in [0.5, 0.6) is 0 Å². The van der Waals surface area contributed by atoms with Crippen molar-refractivity contribution in [2.24, 2.45) is 5.92 Å². The molecule has 148 valence electrons. The highest BCUT2D eigenvalue weighted by atomic mass is 16.6. The summed E-state index contributed by atoms with van der Waals surface area (Å²) in [4.78, 5) is 27.4. The standard InChI is InChI=1S/C19H28N4O4/c24-19(5-8-20-17-3-1-2-4-18(17)23(25)26)22-9-6-16(7-10-22)15-21-11-13-27-14-12-21/h1-4,16,20H,5-15H2. The van der Waals surface area contributed by atoms with Crippen molar-refractivity contribution in [2.45, 2.75) is 19.3 Å². The minimum Gasteiger partial charge on any atom is -0.379 e. The van der Waals surface area contributed by atoms with E-state index in [9.17, 15) is 14.9 Å². The van der Waals surface area contributed by atoms with Crippen LogP contribution in [0, 0.1) is 16.0 Å². The number of benzene rings is 1. The van der Waals surface area contributed by atoms with Crippen LogP contribution in [0.2, 0.25) is 0 Å². The van der Waals surface area contributed by atoms with Crippen LogP contribution in [0.25, 0.3) is 0 Å². The third-order valence-corrected chi connectivity index (χ3v) is 5.34. The van der Waals surface area contributed by atoms with Crippen LogP contribution in [-0.2, 0) is 9.53 Å². The van der Waals surface area contributed by atoms with Crippen LogP contribution < -0.4 is 5.32 Å². The molecule has 27 heavy (non-hydrogen) atoms. The number of hydrogen-bond acceptors (Lipinski definition) is 6. The van der Waals surface area contributed by atoms with Gasteiger partial charge in [-0.25, -0.2) is 0 Å². The summed E-state index contributed by atoms with van der Waals surface area (Å²) < 4.78 is 5.39. The fraction of sp³-hybridized carbons (Fsp3) is 0.632. The van der Waals surface area contributed by atoms with Gasteiger partial charge in [0.2, 0.25) is 5.91 Å². The second-order valence-corrected chi connectivity index (χ2v) is 7.19. The quantitative estimate of drug-likeness (QED) is 0.578. The second kappa shape index (κ2) is 9.66. The largest absolute Gasteiger partial charge is 0.379 e. The molecule has 2 saturated heterocycles. The fourth-order valence-corrected chi connectivity index (χ4v) is 3.76. The molecular formula is C19H28N4O4. The Morgan fingerprint density at radius 2 is 1.89 bits per heavy atom. The molecule has 0 unspecified atom stereocenters. The molecule has 0 spiro atoms. The third-order valence-electron chi connectivity index (χ3n) is 5.34. The van der Waals surface area contributed by atoms with E-state index in [-0.39, 0.29) is 11.6 Å². The molecule has 0 radical (unpaired) electrons. The number of morpholine rings is 1. The molecule has 2 aliphatic heterocycles. The molecule has 1 aromatic rings. The molecule has 8 heteroatoms. The highest BCUT2D eigenvalue weighted by molar-refractivity contribution is 5.77. The molecule has 0 atom stereocenters. The Bertz CT molecular complexity index is 640. The van der Waals surface area contributed by atoms with E-state index in [2.05, 4.69) is 10.2 Å². The molecule has 1 aromatic carbocycles. The molecule has 3 rings (SSSR count). The van der Waals surface area contributed by atoms with Gasteiger partial charge in [-0.15, -0.1) is 0 Å². The van der Waals surface area contributed by atoms with Crippen LogP contribution in [0.3, 0.4) is 0 Å². The first-order valence-corrected chi connectivity index (χ1v) is 9.68. The number of carbonyl (C=O) groups excluding carboxylic acids is 1. The smallest absolute Gasteiger partial charge is 0.292 e. The molecule has 8 nitrogen and oxygen atoms in total. The first kappa shape index (κ1) is 19.6. The third kappa shape index (κ3) is 5.64. The van der Waals surface area contributed by atoms with Crippen LogP contribution in [-0.4, -0.2) is 73.1 Å². The lowest BCUT2D eigenvalue weighted by Gasteiger charge is -2.36. The van der Waals surface area contributed by atoms with Gasteiger partial charge in [0, 0.05) is 51.8 Å². The van der Waals surface area contributed by atoms with Crippen molar-refractivity contribution < 1.29 is 14.5 Å². The van der Waals surface area contributed by atoms with E-state index < -0.39 is 4.92 Å². The SMILES string of the molecule is O=C(CCNc1ccccc1[N+](=O)[O-])N1CCC(CN2CCOCC2)CC1. The second-order valence-electron chi connectivity index (χ2n) is 7.19. The number of nitrogens with zero attached hydrogens (tertiary/aromatic N) is 3. The lowest BCUT2D eigenvalue weighted by Crippen LogP contribution is -2.44. The van der Waals surface area contributed by atoms with Crippen LogP contribution in [0.1, 0.15) is 19.3 Å². The van der Waals surface area contributed by atoms with E-state index in [1.54, 1.807) is 18.2 Å². The number of anilines is 1. The van der Waals surface area contributed by atoms with Gasteiger partial charge in [0.15, 0.2) is 0 Å². The van der Waals surface area contributed by atoms with Gasteiger partial charge in [-0.3, -0.25) is 19.8 Å². The maximum Gasteiger partial charge on any atom is 0.292 e. The minimum absolute atomic E-state index is 0.0360. The Hall–Kier alpha value is -2.19. The summed E-state index contributed by atoms with van der Waals surface area (Å²) in [5, 5.41) is 14.0. The van der Waals surface area contributed by atoms with Gasteiger partial charge in [0.05, 0.1) is 18.1 Å². The predicted molar refractivity (Wildman–Crippen MR) is 103 cm³/mol. The molecule has 2 heterocycles. The van der Waals surface area contributed by atoms with Crippen molar-refractivity contribution in [1.82, 2.24) is 9.80 Å². The lowest BCUT2D eigenvalue weighted by atomic mass is 9.96. The number of ether oxygens (including phenoxy) is 1. The fourth-order valence-electron chi connectivity index (χ4n) is 3.76. The Morgan fingerprint density at radius 1 is 1.19 bits per heavy atom. The van der Waals surface area contributed by atoms with E-state index in [0.29, 0.717) is 24.6 Å². The molecular weight excluding hydrogens is 348 g/mol. The number of hydrogen-bond donors (Lipinski definition) is 1. The van der Waals surface area contributed by atoms with E-state index in [1.807, 2.05) is 4.90 Å². The number of likely N-dealkylation sites (tertiary alicyclic amines) is 1. The van der Waals surface area contributed by atoms with Gasteiger partial charge in [-0.1, -0.05) is 12.1 Å². The number of amides is 1. The number of rotatable bonds is 7. The lowest BCUT2D eigenvalue weighted by molar-refractivity contribution is -0.384. The van der Waals surface area contributed by atoms with Crippen molar-refractivity contribution in [3.63, 3.8) is 0 Å². The summed E-state index contributed by atoms with van der Waals surface area (Å²) in [6.07, 6.45) is 2.43. The summed E-state index contributed by atoms with van der Waals surface area (Å²) in [6, 6.07) is 6.51. The molecule has 0 aliphatic carbocycles. The van der Waals surface area contributed by atoms with Gasteiger partial charge in [0.25, 0.3) is 5.69 Å². The summed E-state index contributed by atoms with van der Waals surface area (Å²) in [6.45, 7) is 6.78. The number of para-hydroxylation sites is 2. The van der Waals surface area contributed by atoms with E-state index in [0.717, 1.165) is 58.8 Å². The van der Waals surface area contributed by atoms with E-state index >= 15 is 0 Å². The average Bonchev–Trinajstić information content (AvgIpc) is 2.69. The zero-order valence-electron chi connectivity index (χ0n) is 15.6. The summed E-state index contributed by atoms with van der Waals surface area (Å²) in [5.41, 5.74) is 0.494. The van der Waals surface area contributed by atoms with Gasteiger partial charge >= 0.3 is 0 Å². The first-order valence-electron chi connectivity index (χ1n) is 9.68. The van der Waals surface area contributed by atoms with Crippen LogP contribution in [0.4, 0.5) is 11.4 Å². The molecule has 1 N–H and O–H groups in total. The van der Waals surface area contributed by atoms with E-state index in [4.69, 9.17) is 4.74 Å². The van der Waals surface area contributed by atoms with Crippen molar-refractivity contribution in [3.05, 3.63) is 34.4 Å². The Labute approximate surface area is 159 Å². The highest BCUT2D eigenvalue weighted by Crippen LogP contribution is 2.23. The summed E-state index contributed by atoms with van der Waals surface area (Å²) in [7, 11) is 0. The van der Waals surface area contributed by atoms with Crippen LogP contribution in [0.15, 0.2) is 24.3 Å². The minimum atomic E-state index is -0.413. The van der Waals surface area contributed by atoms with Crippen molar-refractivity contribution in [3.8, 4) is 0 Å². The molecule has 0 bridgehead atoms. The van der Waals surface area contributed by atoms with Crippen molar-refractivity contribution >= 4 is 17.3 Å². The maximum absolute atomic E-state index is 12.4. The Kier molecular flexibility index (Phi) is 7.00.